The van der Waals surface area contributed by atoms with E-state index < -0.39 is 0 Å². The van der Waals surface area contributed by atoms with Crippen LogP contribution in [0.5, 0.6) is 0 Å². The number of amides is 2. The van der Waals surface area contributed by atoms with E-state index in [0.29, 0.717) is 6.04 Å². The van der Waals surface area contributed by atoms with E-state index in [2.05, 4.69) is 34.9 Å². The van der Waals surface area contributed by atoms with Crippen molar-refractivity contribution >= 4 is 28.4 Å². The highest BCUT2D eigenvalue weighted by Gasteiger charge is 2.24. The van der Waals surface area contributed by atoms with Gasteiger partial charge in [-0.2, -0.15) is 0 Å². The van der Waals surface area contributed by atoms with E-state index in [9.17, 15) is 4.79 Å². The second-order valence-corrected chi connectivity index (χ2v) is 7.51. The summed E-state index contributed by atoms with van der Waals surface area (Å²) in [6.07, 6.45) is 7.60. The summed E-state index contributed by atoms with van der Waals surface area (Å²) in [5.74, 6) is 0. The van der Waals surface area contributed by atoms with Gasteiger partial charge in [0, 0.05) is 17.1 Å². The Bertz CT molecular complexity index is 768. The van der Waals surface area contributed by atoms with Gasteiger partial charge >= 0.3 is 6.03 Å². The summed E-state index contributed by atoms with van der Waals surface area (Å²) in [7, 11) is 0. The summed E-state index contributed by atoms with van der Waals surface area (Å²) in [5, 5.41) is 9.62. The molecule has 0 heterocycles. The van der Waals surface area contributed by atoms with Crippen LogP contribution >= 0.6 is 11.6 Å². The van der Waals surface area contributed by atoms with E-state index in [4.69, 9.17) is 11.6 Å². The van der Waals surface area contributed by atoms with E-state index in [-0.39, 0.29) is 12.1 Å². The van der Waals surface area contributed by atoms with Gasteiger partial charge in [0.25, 0.3) is 0 Å². The van der Waals surface area contributed by atoms with Gasteiger partial charge in [-0.15, -0.1) is 0 Å². The molecule has 4 heteroatoms. The number of benzene rings is 2. The molecule has 3 nitrogen and oxygen atoms in total. The number of rotatable bonds is 2. The van der Waals surface area contributed by atoms with Crippen LogP contribution in [0.1, 0.15) is 43.2 Å². The lowest BCUT2D eigenvalue weighted by Crippen LogP contribution is -2.48. The minimum atomic E-state index is -0.0328. The number of hydrogen-bond acceptors (Lipinski definition) is 1. The Balaban J connectivity index is 1.48. The SMILES string of the molecule is O=C(NC1CCCCC1)NC1Cc2cccc3ccc(Cl)c(c23)C1. The molecule has 0 bridgehead atoms. The molecule has 24 heavy (non-hydrogen) atoms. The van der Waals surface area contributed by atoms with Gasteiger partial charge in [-0.25, -0.2) is 4.79 Å². The predicted molar refractivity (Wildman–Crippen MR) is 98.7 cm³/mol. The van der Waals surface area contributed by atoms with Crippen LogP contribution in [0.4, 0.5) is 4.79 Å². The van der Waals surface area contributed by atoms with Crippen LogP contribution < -0.4 is 10.6 Å². The molecule has 0 radical (unpaired) electrons. The number of carbonyl (C=O) groups is 1. The summed E-state index contributed by atoms with van der Waals surface area (Å²) in [6.45, 7) is 0. The zero-order valence-electron chi connectivity index (χ0n) is 13.8. The molecule has 0 saturated heterocycles. The maximum atomic E-state index is 12.4. The van der Waals surface area contributed by atoms with Crippen LogP contribution in [0.3, 0.4) is 0 Å². The standard InChI is InChI=1S/C20H23ClN2O/c21-18-10-9-13-5-4-6-14-11-16(12-17(18)19(13)14)23-20(24)22-15-7-2-1-3-8-15/h4-6,9-10,15-16H,1-3,7-8,11-12H2,(H2,22,23,24). The molecular weight excluding hydrogens is 320 g/mol. The molecule has 0 spiro atoms. The van der Waals surface area contributed by atoms with E-state index in [0.717, 1.165) is 30.7 Å². The van der Waals surface area contributed by atoms with E-state index in [1.54, 1.807) is 0 Å². The van der Waals surface area contributed by atoms with Crippen molar-refractivity contribution < 1.29 is 4.79 Å². The molecule has 1 saturated carbocycles. The van der Waals surface area contributed by atoms with Crippen molar-refractivity contribution in [1.29, 1.82) is 0 Å². The second-order valence-electron chi connectivity index (χ2n) is 7.10. The quantitative estimate of drug-likeness (QED) is 0.823. The highest BCUT2D eigenvalue weighted by Crippen LogP contribution is 2.34. The molecular formula is C20H23ClN2O. The lowest BCUT2D eigenvalue weighted by Gasteiger charge is -2.28. The summed E-state index contributed by atoms with van der Waals surface area (Å²) in [6, 6.07) is 10.8. The van der Waals surface area contributed by atoms with Gasteiger partial charge in [-0.3, -0.25) is 0 Å². The fourth-order valence-corrected chi connectivity index (χ4v) is 4.46. The summed E-state index contributed by atoms with van der Waals surface area (Å²) >= 11 is 6.44. The third-order valence-corrected chi connectivity index (χ3v) is 5.73. The van der Waals surface area contributed by atoms with Gasteiger partial charge < -0.3 is 10.6 Å². The monoisotopic (exact) mass is 342 g/mol. The average molecular weight is 343 g/mol. The van der Waals surface area contributed by atoms with E-state index in [1.807, 2.05) is 6.07 Å². The molecule has 1 atom stereocenters. The van der Waals surface area contributed by atoms with Crippen molar-refractivity contribution in [1.82, 2.24) is 10.6 Å². The van der Waals surface area contributed by atoms with Crippen LogP contribution in [-0.2, 0) is 12.8 Å². The lowest BCUT2D eigenvalue weighted by molar-refractivity contribution is 0.228. The third kappa shape index (κ3) is 3.10. The maximum Gasteiger partial charge on any atom is 0.315 e. The van der Waals surface area contributed by atoms with E-state index >= 15 is 0 Å². The van der Waals surface area contributed by atoms with Gasteiger partial charge in [-0.1, -0.05) is 55.1 Å². The van der Waals surface area contributed by atoms with Crippen molar-refractivity contribution in [3.05, 3.63) is 46.5 Å². The van der Waals surface area contributed by atoms with Gasteiger partial charge in [0.05, 0.1) is 0 Å². The first kappa shape index (κ1) is 15.8. The highest BCUT2D eigenvalue weighted by molar-refractivity contribution is 6.32. The van der Waals surface area contributed by atoms with Crippen LogP contribution in [-0.4, -0.2) is 18.1 Å². The molecule has 0 aliphatic heterocycles. The summed E-state index contributed by atoms with van der Waals surface area (Å²) in [5.41, 5.74) is 2.44. The minimum Gasteiger partial charge on any atom is -0.335 e. The minimum absolute atomic E-state index is 0.0328. The average Bonchev–Trinajstić information content (AvgIpc) is 2.59. The molecule has 2 aromatic rings. The molecule has 1 unspecified atom stereocenters. The van der Waals surface area contributed by atoms with Crippen LogP contribution in [0.15, 0.2) is 30.3 Å². The first-order valence-corrected chi connectivity index (χ1v) is 9.34. The zero-order valence-corrected chi connectivity index (χ0v) is 14.5. The summed E-state index contributed by atoms with van der Waals surface area (Å²) < 4.78 is 0. The lowest BCUT2D eigenvalue weighted by atomic mass is 9.85. The van der Waals surface area contributed by atoms with Gasteiger partial charge in [0.2, 0.25) is 0 Å². The smallest absolute Gasteiger partial charge is 0.315 e. The Hall–Kier alpha value is -1.74. The Morgan fingerprint density at radius 3 is 2.58 bits per heavy atom. The van der Waals surface area contributed by atoms with E-state index in [1.165, 1.54) is 41.2 Å². The fraction of sp³-hybridized carbons (Fsp3) is 0.450. The van der Waals surface area contributed by atoms with Crippen LogP contribution in [0.25, 0.3) is 10.8 Å². The molecule has 4 rings (SSSR count). The first-order valence-electron chi connectivity index (χ1n) is 8.97. The van der Waals surface area contributed by atoms with Crippen molar-refractivity contribution in [2.24, 2.45) is 0 Å². The highest BCUT2D eigenvalue weighted by atomic mass is 35.5. The maximum absolute atomic E-state index is 12.4. The van der Waals surface area contributed by atoms with Crippen molar-refractivity contribution in [3.63, 3.8) is 0 Å². The fourth-order valence-electron chi connectivity index (χ4n) is 4.23. The summed E-state index contributed by atoms with van der Waals surface area (Å²) in [4.78, 5) is 12.4. The number of urea groups is 1. The van der Waals surface area contributed by atoms with Crippen molar-refractivity contribution in [2.75, 3.05) is 0 Å². The van der Waals surface area contributed by atoms with Gasteiger partial charge in [0.15, 0.2) is 0 Å². The Kier molecular flexibility index (Phi) is 4.36. The Labute approximate surface area is 147 Å². The normalized spacial score (nSPS) is 20.8. The van der Waals surface area contributed by atoms with Crippen molar-refractivity contribution in [2.45, 2.75) is 57.0 Å². The molecule has 2 aliphatic carbocycles. The predicted octanol–water partition coefficient (Wildman–Crippen LogP) is 4.59. The molecule has 2 N–H and O–H groups in total. The Morgan fingerprint density at radius 1 is 0.958 bits per heavy atom. The molecule has 0 aromatic heterocycles. The molecule has 2 aromatic carbocycles. The van der Waals surface area contributed by atoms with Crippen molar-refractivity contribution in [3.8, 4) is 0 Å². The first-order chi connectivity index (χ1) is 11.7. The number of nitrogens with one attached hydrogen (secondary N) is 2. The zero-order chi connectivity index (χ0) is 16.5. The number of halogens is 1. The number of carbonyl (C=O) groups excluding carboxylic acids is 1. The van der Waals surface area contributed by atoms with Crippen LogP contribution in [0, 0.1) is 0 Å². The molecule has 126 valence electrons. The Morgan fingerprint density at radius 2 is 1.75 bits per heavy atom. The number of hydrogen-bond donors (Lipinski definition) is 2. The molecule has 1 fully saturated rings. The topological polar surface area (TPSA) is 41.1 Å². The third-order valence-electron chi connectivity index (χ3n) is 5.37. The largest absolute Gasteiger partial charge is 0.335 e. The second kappa shape index (κ2) is 6.64. The van der Waals surface area contributed by atoms with Gasteiger partial charge in [-0.05, 0) is 53.6 Å². The molecule has 2 amide bonds. The van der Waals surface area contributed by atoms with Crippen LogP contribution in [0.2, 0.25) is 5.02 Å². The van der Waals surface area contributed by atoms with Gasteiger partial charge in [0.1, 0.15) is 0 Å². The molecule has 2 aliphatic rings.